The molecule has 2 heterocycles. The first-order valence-corrected chi connectivity index (χ1v) is 5.71. The minimum Gasteiger partial charge on any atom is -0.290 e. The van der Waals surface area contributed by atoms with Crippen LogP contribution in [0.25, 0.3) is 5.65 Å². The van der Waals surface area contributed by atoms with Crippen molar-refractivity contribution in [3.63, 3.8) is 0 Å². The van der Waals surface area contributed by atoms with Gasteiger partial charge in [-0.15, -0.1) is 10.2 Å². The van der Waals surface area contributed by atoms with Gasteiger partial charge in [-0.3, -0.25) is 14.5 Å². The Morgan fingerprint density at radius 1 is 1.15 bits per heavy atom. The molecule has 0 radical (unpaired) electrons. The molecule has 5 nitrogen and oxygen atoms in total. The average Bonchev–Trinajstić information content (AvgIpc) is 2.82. The number of nitrogens with one attached hydrogen (secondary N) is 1. The lowest BCUT2D eigenvalue weighted by Crippen LogP contribution is -2.15. The molecule has 0 aliphatic carbocycles. The molecule has 0 spiro atoms. The second kappa shape index (κ2) is 4.69. The summed E-state index contributed by atoms with van der Waals surface area (Å²) in [5.74, 6) is -2.24. The van der Waals surface area contributed by atoms with Gasteiger partial charge in [-0.05, 0) is 24.3 Å². The van der Waals surface area contributed by atoms with Crippen LogP contribution in [0.15, 0.2) is 42.6 Å². The number of rotatable bonds is 2. The number of carbonyl (C=O) groups is 1. The third kappa shape index (κ3) is 2.09. The van der Waals surface area contributed by atoms with Gasteiger partial charge in [-0.1, -0.05) is 6.07 Å². The summed E-state index contributed by atoms with van der Waals surface area (Å²) >= 11 is 0. The van der Waals surface area contributed by atoms with Crippen molar-refractivity contribution in [2.45, 2.75) is 0 Å². The van der Waals surface area contributed by atoms with Gasteiger partial charge < -0.3 is 0 Å². The molecular formula is C13H8F2N4O. The van der Waals surface area contributed by atoms with Crippen molar-refractivity contribution in [1.82, 2.24) is 14.6 Å². The highest BCUT2D eigenvalue weighted by Crippen LogP contribution is 2.13. The zero-order valence-electron chi connectivity index (χ0n) is 10.0. The topological polar surface area (TPSA) is 59.3 Å². The SMILES string of the molecule is O=C(Nc1nnc2ccccn12)c1ccc(F)cc1F. The van der Waals surface area contributed by atoms with E-state index in [-0.39, 0.29) is 11.5 Å². The maximum Gasteiger partial charge on any atom is 0.261 e. The first-order chi connectivity index (χ1) is 9.65. The summed E-state index contributed by atoms with van der Waals surface area (Å²) in [6.07, 6.45) is 1.66. The normalized spacial score (nSPS) is 10.7. The lowest BCUT2D eigenvalue weighted by molar-refractivity contribution is 0.102. The Morgan fingerprint density at radius 2 is 2.00 bits per heavy atom. The van der Waals surface area contributed by atoms with Gasteiger partial charge in [0, 0.05) is 12.3 Å². The van der Waals surface area contributed by atoms with E-state index < -0.39 is 17.5 Å². The van der Waals surface area contributed by atoms with Crippen molar-refractivity contribution >= 4 is 17.5 Å². The molecule has 1 amide bonds. The van der Waals surface area contributed by atoms with Gasteiger partial charge in [0.05, 0.1) is 5.56 Å². The van der Waals surface area contributed by atoms with Crippen LogP contribution < -0.4 is 5.32 Å². The maximum atomic E-state index is 13.5. The molecule has 100 valence electrons. The molecule has 3 aromatic rings. The van der Waals surface area contributed by atoms with Gasteiger partial charge in [-0.2, -0.15) is 0 Å². The number of hydrogen-bond acceptors (Lipinski definition) is 3. The van der Waals surface area contributed by atoms with E-state index in [4.69, 9.17) is 0 Å². The molecule has 7 heteroatoms. The Labute approximate surface area is 111 Å². The smallest absolute Gasteiger partial charge is 0.261 e. The highest BCUT2D eigenvalue weighted by Gasteiger charge is 2.15. The fourth-order valence-electron chi connectivity index (χ4n) is 1.77. The number of hydrogen-bond donors (Lipinski definition) is 1. The van der Waals surface area contributed by atoms with Crippen LogP contribution in [-0.2, 0) is 0 Å². The highest BCUT2D eigenvalue weighted by atomic mass is 19.1. The fraction of sp³-hybridized carbons (Fsp3) is 0. The fourth-order valence-corrected chi connectivity index (χ4v) is 1.77. The molecule has 2 aromatic heterocycles. The van der Waals surface area contributed by atoms with Gasteiger partial charge in [0.2, 0.25) is 5.95 Å². The Bertz CT molecular complexity index is 800. The van der Waals surface area contributed by atoms with E-state index in [2.05, 4.69) is 15.5 Å². The molecule has 3 rings (SSSR count). The largest absolute Gasteiger partial charge is 0.290 e. The van der Waals surface area contributed by atoms with E-state index in [9.17, 15) is 13.6 Å². The Hall–Kier alpha value is -2.83. The van der Waals surface area contributed by atoms with Gasteiger partial charge in [0.15, 0.2) is 5.65 Å². The van der Waals surface area contributed by atoms with Gasteiger partial charge in [-0.25, -0.2) is 8.78 Å². The van der Waals surface area contributed by atoms with E-state index in [1.165, 1.54) is 0 Å². The molecule has 0 saturated heterocycles. The van der Waals surface area contributed by atoms with Crippen LogP contribution in [0.5, 0.6) is 0 Å². The van der Waals surface area contributed by atoms with E-state index in [0.29, 0.717) is 11.7 Å². The number of halogens is 2. The first kappa shape index (κ1) is 12.2. The molecule has 0 unspecified atom stereocenters. The highest BCUT2D eigenvalue weighted by molar-refractivity contribution is 6.03. The summed E-state index contributed by atoms with van der Waals surface area (Å²) in [4.78, 5) is 11.9. The molecule has 20 heavy (non-hydrogen) atoms. The van der Waals surface area contributed by atoms with E-state index in [1.807, 2.05) is 0 Å². The minimum atomic E-state index is -0.934. The lowest BCUT2D eigenvalue weighted by atomic mass is 10.2. The van der Waals surface area contributed by atoms with Crippen LogP contribution in [0, 0.1) is 11.6 Å². The van der Waals surface area contributed by atoms with Gasteiger partial charge in [0.1, 0.15) is 11.6 Å². The van der Waals surface area contributed by atoms with Crippen molar-refractivity contribution < 1.29 is 13.6 Å². The van der Waals surface area contributed by atoms with Crippen LogP contribution in [-0.4, -0.2) is 20.5 Å². The maximum absolute atomic E-state index is 13.5. The zero-order chi connectivity index (χ0) is 14.1. The van der Waals surface area contributed by atoms with Gasteiger partial charge >= 0.3 is 0 Å². The second-order valence-electron chi connectivity index (χ2n) is 4.03. The number of nitrogens with zero attached hydrogens (tertiary/aromatic N) is 3. The van der Waals surface area contributed by atoms with Gasteiger partial charge in [0.25, 0.3) is 5.91 Å². The third-order valence-corrected chi connectivity index (χ3v) is 2.71. The number of anilines is 1. The summed E-state index contributed by atoms with van der Waals surface area (Å²) in [6.45, 7) is 0. The van der Waals surface area contributed by atoms with Crippen molar-refractivity contribution in [2.24, 2.45) is 0 Å². The lowest BCUT2D eigenvalue weighted by Gasteiger charge is -2.04. The predicted octanol–water partition coefficient (Wildman–Crippen LogP) is 2.26. The predicted molar refractivity (Wildman–Crippen MR) is 67.3 cm³/mol. The molecule has 0 aliphatic rings. The molecule has 0 atom stereocenters. The summed E-state index contributed by atoms with van der Waals surface area (Å²) in [5, 5.41) is 10.1. The zero-order valence-corrected chi connectivity index (χ0v) is 10.0. The van der Waals surface area contributed by atoms with Crippen LogP contribution in [0.3, 0.4) is 0 Å². The Kier molecular flexibility index (Phi) is 2.86. The number of carbonyl (C=O) groups excluding carboxylic acids is 1. The van der Waals surface area contributed by atoms with E-state index >= 15 is 0 Å². The van der Waals surface area contributed by atoms with E-state index in [1.54, 1.807) is 28.8 Å². The molecular weight excluding hydrogens is 266 g/mol. The molecule has 0 bridgehead atoms. The number of fused-ring (bicyclic) bond motifs is 1. The number of amides is 1. The summed E-state index contributed by atoms with van der Waals surface area (Å²) < 4.78 is 27.8. The molecule has 0 aliphatic heterocycles. The standard InChI is InChI=1S/C13H8F2N4O/c14-8-4-5-9(10(15)7-8)12(20)16-13-18-17-11-3-1-2-6-19(11)13/h1-7H,(H,16,18,20). The first-order valence-electron chi connectivity index (χ1n) is 5.71. The van der Waals surface area contributed by atoms with Crippen molar-refractivity contribution in [2.75, 3.05) is 5.32 Å². The van der Waals surface area contributed by atoms with Crippen molar-refractivity contribution in [1.29, 1.82) is 0 Å². The molecule has 1 aromatic carbocycles. The summed E-state index contributed by atoms with van der Waals surface area (Å²) in [7, 11) is 0. The molecule has 0 fully saturated rings. The monoisotopic (exact) mass is 274 g/mol. The summed E-state index contributed by atoms with van der Waals surface area (Å²) in [5.41, 5.74) is 0.279. The molecule has 0 saturated carbocycles. The van der Waals surface area contributed by atoms with Crippen molar-refractivity contribution in [3.05, 3.63) is 59.8 Å². The van der Waals surface area contributed by atoms with Crippen LogP contribution in [0.4, 0.5) is 14.7 Å². The Morgan fingerprint density at radius 3 is 2.80 bits per heavy atom. The number of pyridine rings is 1. The average molecular weight is 274 g/mol. The van der Waals surface area contributed by atoms with Crippen LogP contribution >= 0.6 is 0 Å². The minimum absolute atomic E-state index is 0.161. The quantitative estimate of drug-likeness (QED) is 0.779. The number of benzene rings is 1. The van der Waals surface area contributed by atoms with E-state index in [0.717, 1.165) is 12.1 Å². The second-order valence-corrected chi connectivity index (χ2v) is 4.03. The summed E-state index contributed by atoms with van der Waals surface area (Å²) in [6, 6.07) is 7.96. The number of aromatic nitrogens is 3. The third-order valence-electron chi connectivity index (χ3n) is 2.71. The van der Waals surface area contributed by atoms with Crippen molar-refractivity contribution in [3.8, 4) is 0 Å². The van der Waals surface area contributed by atoms with Crippen LogP contribution in [0.2, 0.25) is 0 Å². The van der Waals surface area contributed by atoms with Crippen LogP contribution in [0.1, 0.15) is 10.4 Å². The Balaban J connectivity index is 1.92. The molecule has 1 N–H and O–H groups in total.